The van der Waals surface area contributed by atoms with Crippen LogP contribution >= 0.6 is 0 Å². The SMILES string of the molecule is CC(C)[C@H]1C[C@H](C(F)(F)F)n2nc(C(=O)[O-])cc2N1. The maximum absolute atomic E-state index is 13.0. The molecule has 2 rings (SSSR count). The molecule has 0 bridgehead atoms. The van der Waals surface area contributed by atoms with Crippen molar-refractivity contribution in [1.82, 2.24) is 9.78 Å². The molecule has 0 radical (unpaired) electrons. The number of nitrogens with zero attached hydrogens (tertiary/aromatic N) is 2. The van der Waals surface area contributed by atoms with Crippen LogP contribution in [0, 0.1) is 5.92 Å². The van der Waals surface area contributed by atoms with Crippen molar-refractivity contribution < 1.29 is 23.1 Å². The minimum absolute atomic E-state index is 0.0140. The molecule has 1 aliphatic rings. The van der Waals surface area contributed by atoms with Crippen molar-refractivity contribution in [2.45, 2.75) is 38.5 Å². The molecule has 1 N–H and O–H groups in total. The molecule has 0 spiro atoms. The van der Waals surface area contributed by atoms with Crippen molar-refractivity contribution >= 4 is 11.8 Å². The molecule has 8 heteroatoms. The molecule has 19 heavy (non-hydrogen) atoms. The lowest BCUT2D eigenvalue weighted by molar-refractivity contribution is -0.255. The standard InChI is InChI=1S/C11H14F3N3O2/c1-5(2)6-3-8(11(12,13)14)17-9(15-6)4-7(16-17)10(18)19/h4-6,8,15H,3H2,1-2H3,(H,18,19)/p-1/t6-,8-/m1/s1. The van der Waals surface area contributed by atoms with Gasteiger partial charge >= 0.3 is 6.18 Å². The highest BCUT2D eigenvalue weighted by Gasteiger charge is 2.46. The predicted octanol–water partition coefficient (Wildman–Crippen LogP) is 1.19. The summed E-state index contributed by atoms with van der Waals surface area (Å²) in [6.07, 6.45) is -4.65. The Morgan fingerprint density at radius 1 is 1.58 bits per heavy atom. The van der Waals surface area contributed by atoms with Gasteiger partial charge in [0.05, 0.1) is 5.97 Å². The highest BCUT2D eigenvalue weighted by molar-refractivity contribution is 5.84. The van der Waals surface area contributed by atoms with Gasteiger partial charge in [-0.1, -0.05) is 13.8 Å². The van der Waals surface area contributed by atoms with E-state index in [0.717, 1.165) is 6.07 Å². The van der Waals surface area contributed by atoms with Gasteiger partial charge in [0.25, 0.3) is 0 Å². The number of rotatable bonds is 2. The fraction of sp³-hybridized carbons (Fsp3) is 0.636. The molecule has 106 valence electrons. The number of carbonyl (C=O) groups excluding carboxylic acids is 1. The van der Waals surface area contributed by atoms with Crippen LogP contribution in [0.1, 0.15) is 36.8 Å². The number of alkyl halides is 3. The lowest BCUT2D eigenvalue weighted by atomic mass is 9.94. The number of halogens is 3. The third-order valence-corrected chi connectivity index (χ3v) is 3.23. The maximum atomic E-state index is 13.0. The Labute approximate surface area is 107 Å². The first kappa shape index (κ1) is 13.7. The minimum Gasteiger partial charge on any atom is -0.543 e. The summed E-state index contributed by atoms with van der Waals surface area (Å²) >= 11 is 0. The summed E-state index contributed by atoms with van der Waals surface area (Å²) in [6.45, 7) is 3.60. The van der Waals surface area contributed by atoms with E-state index in [1.54, 1.807) is 13.8 Å². The average Bonchev–Trinajstić information content (AvgIpc) is 2.69. The van der Waals surface area contributed by atoms with Crippen LogP contribution in [0.15, 0.2) is 6.07 Å². The predicted molar refractivity (Wildman–Crippen MR) is 58.5 cm³/mol. The lowest BCUT2D eigenvalue weighted by Crippen LogP contribution is -2.41. The van der Waals surface area contributed by atoms with E-state index in [1.807, 2.05) is 0 Å². The molecule has 0 aromatic carbocycles. The van der Waals surface area contributed by atoms with Crippen LogP contribution in [0.4, 0.5) is 19.0 Å². The monoisotopic (exact) mass is 276 g/mol. The maximum Gasteiger partial charge on any atom is 0.410 e. The van der Waals surface area contributed by atoms with E-state index < -0.39 is 23.9 Å². The minimum atomic E-state index is -4.47. The second kappa shape index (κ2) is 4.43. The fourth-order valence-electron chi connectivity index (χ4n) is 2.14. The zero-order valence-corrected chi connectivity index (χ0v) is 10.4. The summed E-state index contributed by atoms with van der Waals surface area (Å²) < 4.78 is 39.7. The summed E-state index contributed by atoms with van der Waals surface area (Å²) in [5.74, 6) is -1.54. The largest absolute Gasteiger partial charge is 0.543 e. The van der Waals surface area contributed by atoms with E-state index in [9.17, 15) is 23.1 Å². The van der Waals surface area contributed by atoms with Gasteiger partial charge in [0.1, 0.15) is 11.5 Å². The highest BCUT2D eigenvalue weighted by Crippen LogP contribution is 2.40. The van der Waals surface area contributed by atoms with Crippen LogP contribution < -0.4 is 10.4 Å². The van der Waals surface area contributed by atoms with Gasteiger partial charge < -0.3 is 15.2 Å². The third-order valence-electron chi connectivity index (χ3n) is 3.23. The molecule has 1 aromatic rings. The molecule has 0 aliphatic carbocycles. The second-order valence-corrected chi connectivity index (χ2v) is 4.93. The number of aromatic carboxylic acids is 1. The molecule has 0 fully saturated rings. The quantitative estimate of drug-likeness (QED) is 0.881. The van der Waals surface area contributed by atoms with E-state index in [4.69, 9.17) is 0 Å². The molecule has 0 unspecified atom stereocenters. The van der Waals surface area contributed by atoms with Gasteiger partial charge in [-0.25, -0.2) is 4.68 Å². The Kier molecular flexibility index (Phi) is 3.19. The van der Waals surface area contributed by atoms with Crippen LogP contribution in [0.3, 0.4) is 0 Å². The van der Waals surface area contributed by atoms with Gasteiger partial charge in [-0.2, -0.15) is 18.3 Å². The van der Waals surface area contributed by atoms with E-state index >= 15 is 0 Å². The summed E-state index contributed by atoms with van der Waals surface area (Å²) in [7, 11) is 0. The topological polar surface area (TPSA) is 70.0 Å². The fourth-order valence-corrected chi connectivity index (χ4v) is 2.14. The van der Waals surface area contributed by atoms with E-state index in [2.05, 4.69) is 10.4 Å². The number of carboxylic acid groups (broad SMARTS) is 1. The van der Waals surface area contributed by atoms with E-state index in [-0.39, 0.29) is 24.2 Å². The number of fused-ring (bicyclic) bond motifs is 1. The number of hydrogen-bond donors (Lipinski definition) is 1. The van der Waals surface area contributed by atoms with E-state index in [0.29, 0.717) is 4.68 Å². The van der Waals surface area contributed by atoms with Crippen LogP contribution in [-0.2, 0) is 0 Å². The summed E-state index contributed by atoms with van der Waals surface area (Å²) in [5.41, 5.74) is -0.499. The summed E-state index contributed by atoms with van der Waals surface area (Å²) in [6, 6.07) is -1.13. The lowest BCUT2D eigenvalue weighted by Gasteiger charge is -2.35. The average molecular weight is 276 g/mol. The first-order chi connectivity index (χ1) is 8.70. The van der Waals surface area contributed by atoms with Crippen molar-refractivity contribution in [3.05, 3.63) is 11.8 Å². The smallest absolute Gasteiger partial charge is 0.410 e. The van der Waals surface area contributed by atoms with Crippen molar-refractivity contribution in [2.75, 3.05) is 5.32 Å². The Morgan fingerprint density at radius 3 is 2.68 bits per heavy atom. The normalized spacial score (nSPS) is 23.1. The molecule has 0 saturated carbocycles. The molecule has 1 aromatic heterocycles. The molecule has 1 aliphatic heterocycles. The Hall–Kier alpha value is -1.73. The van der Waals surface area contributed by atoms with Gasteiger partial charge in [0.2, 0.25) is 0 Å². The van der Waals surface area contributed by atoms with Crippen molar-refractivity contribution in [2.24, 2.45) is 5.92 Å². The van der Waals surface area contributed by atoms with Gasteiger partial charge in [-0.3, -0.25) is 0 Å². The summed E-state index contributed by atoms with van der Waals surface area (Å²) in [5, 5.41) is 17.0. The molecule has 2 heterocycles. The van der Waals surface area contributed by atoms with Crippen molar-refractivity contribution in [3.63, 3.8) is 0 Å². The molecule has 0 amide bonds. The Bertz CT molecular complexity index is 496. The van der Waals surface area contributed by atoms with Crippen LogP contribution in [0.5, 0.6) is 0 Å². The third kappa shape index (κ3) is 2.52. The number of anilines is 1. The second-order valence-electron chi connectivity index (χ2n) is 4.93. The molecule has 5 nitrogen and oxygen atoms in total. The highest BCUT2D eigenvalue weighted by atomic mass is 19.4. The number of aromatic nitrogens is 2. The van der Waals surface area contributed by atoms with Crippen LogP contribution in [-0.4, -0.2) is 28.0 Å². The number of carbonyl (C=O) groups is 1. The van der Waals surface area contributed by atoms with E-state index in [1.165, 1.54) is 0 Å². The van der Waals surface area contributed by atoms with Crippen molar-refractivity contribution in [3.8, 4) is 0 Å². The number of carboxylic acids is 1. The summed E-state index contributed by atoms with van der Waals surface area (Å²) in [4.78, 5) is 10.7. The molecular weight excluding hydrogens is 263 g/mol. The molecule has 0 saturated heterocycles. The molecule has 2 atom stereocenters. The number of hydrogen-bond acceptors (Lipinski definition) is 4. The van der Waals surface area contributed by atoms with Crippen molar-refractivity contribution in [1.29, 1.82) is 0 Å². The van der Waals surface area contributed by atoms with Gasteiger partial charge in [0, 0.05) is 12.1 Å². The first-order valence-corrected chi connectivity index (χ1v) is 5.84. The number of nitrogens with one attached hydrogen (secondary N) is 1. The first-order valence-electron chi connectivity index (χ1n) is 5.84. The van der Waals surface area contributed by atoms with Crippen LogP contribution in [0.25, 0.3) is 0 Å². The Morgan fingerprint density at radius 2 is 2.21 bits per heavy atom. The Balaban J connectivity index is 2.44. The van der Waals surface area contributed by atoms with Gasteiger partial charge in [-0.15, -0.1) is 0 Å². The zero-order valence-electron chi connectivity index (χ0n) is 10.4. The van der Waals surface area contributed by atoms with Gasteiger partial charge in [0.15, 0.2) is 6.04 Å². The van der Waals surface area contributed by atoms with Crippen LogP contribution in [0.2, 0.25) is 0 Å². The van der Waals surface area contributed by atoms with Gasteiger partial charge in [-0.05, 0) is 12.3 Å². The molecular formula is C11H13F3N3O2-. The zero-order chi connectivity index (χ0) is 14.4.